The third kappa shape index (κ3) is 3.91. The number of hydrogen-bond donors (Lipinski definition) is 2. The van der Waals surface area contributed by atoms with E-state index >= 15 is 0 Å². The average Bonchev–Trinajstić information content (AvgIpc) is 2.40. The van der Waals surface area contributed by atoms with Crippen LogP contribution in [0, 0.1) is 22.5 Å². The molecule has 6 heteroatoms. The van der Waals surface area contributed by atoms with Gasteiger partial charge in [0.05, 0.1) is 10.5 Å². The normalized spacial score (nSPS) is 20.0. The second-order valence-corrected chi connectivity index (χ2v) is 6.80. The lowest BCUT2D eigenvalue weighted by Gasteiger charge is -2.40. The molecule has 0 aromatic carbocycles. The Morgan fingerprint density at radius 3 is 2.48 bits per heavy atom. The van der Waals surface area contributed by atoms with Gasteiger partial charge in [-0.3, -0.25) is 10.1 Å². The molecule has 1 fully saturated rings. The van der Waals surface area contributed by atoms with Gasteiger partial charge in [-0.2, -0.15) is 0 Å². The third-order valence-electron chi connectivity index (χ3n) is 4.39. The van der Waals surface area contributed by atoms with Crippen LogP contribution in [-0.2, 0) is 0 Å². The highest BCUT2D eigenvalue weighted by molar-refractivity contribution is 5.45. The maximum absolute atomic E-state index is 10.8. The molecule has 0 amide bonds. The molecule has 116 valence electrons. The minimum atomic E-state index is -0.715. The third-order valence-corrected chi connectivity index (χ3v) is 4.39. The zero-order valence-corrected chi connectivity index (χ0v) is 12.8. The molecule has 0 aliphatic heterocycles. The van der Waals surface area contributed by atoms with Crippen LogP contribution in [0.2, 0.25) is 0 Å². The number of nitrogens with one attached hydrogen (secondary N) is 1. The molecule has 0 unspecified atom stereocenters. The van der Waals surface area contributed by atoms with Crippen LogP contribution in [0.15, 0.2) is 12.1 Å². The van der Waals surface area contributed by atoms with Crippen LogP contribution in [0.5, 0.6) is 0 Å². The number of aryl methyl sites for hydroxylation is 1. The van der Waals surface area contributed by atoms with Crippen molar-refractivity contribution in [3.63, 3.8) is 0 Å². The summed E-state index contributed by atoms with van der Waals surface area (Å²) in [5, 5.41) is 24.4. The van der Waals surface area contributed by atoms with Gasteiger partial charge in [0.25, 0.3) is 5.69 Å². The summed E-state index contributed by atoms with van der Waals surface area (Å²) in [6.45, 7) is 6.48. The summed E-state index contributed by atoms with van der Waals surface area (Å²) >= 11 is 0. The van der Waals surface area contributed by atoms with Gasteiger partial charge in [-0.1, -0.05) is 13.8 Å². The Labute approximate surface area is 124 Å². The second-order valence-electron chi connectivity index (χ2n) is 6.80. The van der Waals surface area contributed by atoms with Crippen LogP contribution in [0.4, 0.5) is 11.5 Å². The van der Waals surface area contributed by atoms with Gasteiger partial charge >= 0.3 is 0 Å². The lowest BCUT2D eigenvalue weighted by atomic mass is 9.71. The number of nitro groups is 1. The Bertz CT molecular complexity index is 533. The van der Waals surface area contributed by atoms with Gasteiger partial charge in [-0.25, -0.2) is 4.98 Å². The van der Waals surface area contributed by atoms with Gasteiger partial charge in [-0.05, 0) is 44.1 Å². The molecule has 1 aromatic rings. The van der Waals surface area contributed by atoms with Crippen molar-refractivity contribution in [3.05, 3.63) is 27.9 Å². The summed E-state index contributed by atoms with van der Waals surface area (Å²) in [4.78, 5) is 14.5. The highest BCUT2D eigenvalue weighted by Gasteiger charge is 2.36. The maximum atomic E-state index is 10.8. The summed E-state index contributed by atoms with van der Waals surface area (Å²) in [6.07, 6.45) is 3.52. The molecule has 6 nitrogen and oxygen atoms in total. The van der Waals surface area contributed by atoms with Gasteiger partial charge in [0.15, 0.2) is 0 Å². The van der Waals surface area contributed by atoms with Gasteiger partial charge < -0.3 is 10.4 Å². The molecule has 0 atom stereocenters. The second kappa shape index (κ2) is 5.60. The first-order valence-corrected chi connectivity index (χ1v) is 7.29. The number of rotatable bonds is 4. The summed E-state index contributed by atoms with van der Waals surface area (Å²) in [6, 6.07) is 3.03. The van der Waals surface area contributed by atoms with Crippen molar-refractivity contribution < 1.29 is 10.0 Å². The molecular formula is C15H23N3O3. The zero-order chi connectivity index (χ0) is 15.7. The fourth-order valence-electron chi connectivity index (χ4n) is 2.67. The summed E-state index contributed by atoms with van der Waals surface area (Å²) < 4.78 is 0. The van der Waals surface area contributed by atoms with Crippen molar-refractivity contribution in [2.45, 2.75) is 52.1 Å². The van der Waals surface area contributed by atoms with Crippen molar-refractivity contribution in [3.8, 4) is 0 Å². The molecule has 1 heterocycles. The monoisotopic (exact) mass is 293 g/mol. The number of aromatic nitrogens is 1. The van der Waals surface area contributed by atoms with E-state index < -0.39 is 10.5 Å². The molecule has 0 radical (unpaired) electrons. The van der Waals surface area contributed by atoms with Crippen LogP contribution in [0.3, 0.4) is 0 Å². The minimum Gasteiger partial charge on any atom is -0.388 e. The molecule has 2 N–H and O–H groups in total. The van der Waals surface area contributed by atoms with Crippen LogP contribution in [0.25, 0.3) is 0 Å². The van der Waals surface area contributed by atoms with Gasteiger partial charge in [0.2, 0.25) is 0 Å². The highest BCUT2D eigenvalue weighted by atomic mass is 16.6. The van der Waals surface area contributed by atoms with E-state index in [1.807, 2.05) is 0 Å². The van der Waals surface area contributed by atoms with Crippen LogP contribution in [0.1, 0.15) is 45.2 Å². The van der Waals surface area contributed by atoms with E-state index in [2.05, 4.69) is 24.1 Å². The van der Waals surface area contributed by atoms with E-state index in [0.29, 0.717) is 23.5 Å². The van der Waals surface area contributed by atoms with Gasteiger partial charge in [0.1, 0.15) is 11.5 Å². The van der Waals surface area contributed by atoms with Crippen molar-refractivity contribution >= 4 is 11.5 Å². The van der Waals surface area contributed by atoms with E-state index in [-0.39, 0.29) is 5.69 Å². The first-order valence-electron chi connectivity index (χ1n) is 7.29. The summed E-state index contributed by atoms with van der Waals surface area (Å²) in [7, 11) is 0. The van der Waals surface area contributed by atoms with Crippen molar-refractivity contribution in [2.75, 3.05) is 11.9 Å². The van der Waals surface area contributed by atoms with Gasteiger partial charge in [0, 0.05) is 12.6 Å². The van der Waals surface area contributed by atoms with Crippen LogP contribution in [-0.4, -0.2) is 27.2 Å². The molecule has 1 aromatic heterocycles. The zero-order valence-electron chi connectivity index (χ0n) is 12.8. The molecule has 1 aliphatic carbocycles. The topological polar surface area (TPSA) is 88.3 Å². The Morgan fingerprint density at radius 1 is 1.33 bits per heavy atom. The molecule has 0 spiro atoms. The fraction of sp³-hybridized carbons (Fsp3) is 0.667. The number of pyridine rings is 1. The highest BCUT2D eigenvalue weighted by Crippen LogP contribution is 2.40. The Morgan fingerprint density at radius 2 is 1.95 bits per heavy atom. The Kier molecular flexibility index (Phi) is 4.18. The molecule has 0 saturated heterocycles. The van der Waals surface area contributed by atoms with E-state index in [1.165, 1.54) is 6.07 Å². The quantitative estimate of drug-likeness (QED) is 0.658. The number of anilines is 1. The fourth-order valence-corrected chi connectivity index (χ4v) is 2.67. The smallest absolute Gasteiger partial charge is 0.290 e. The molecule has 1 saturated carbocycles. The minimum absolute atomic E-state index is 0.0127. The van der Waals surface area contributed by atoms with E-state index in [4.69, 9.17) is 0 Å². The predicted molar refractivity (Wildman–Crippen MR) is 81.3 cm³/mol. The summed E-state index contributed by atoms with van der Waals surface area (Å²) in [5.41, 5.74) is -0.0261. The number of hydrogen-bond acceptors (Lipinski definition) is 5. The first-order chi connectivity index (χ1) is 9.71. The molecule has 21 heavy (non-hydrogen) atoms. The molecule has 2 rings (SSSR count). The molecule has 1 aliphatic rings. The van der Waals surface area contributed by atoms with Crippen molar-refractivity contribution in [1.82, 2.24) is 4.98 Å². The average molecular weight is 293 g/mol. The Balaban J connectivity index is 1.97. The lowest BCUT2D eigenvalue weighted by Crippen LogP contribution is -2.42. The molecule has 0 bridgehead atoms. The van der Waals surface area contributed by atoms with E-state index in [1.54, 1.807) is 13.0 Å². The maximum Gasteiger partial charge on any atom is 0.290 e. The number of aliphatic hydroxyl groups is 1. The SMILES string of the molecule is Cc1nc(NCC2(O)CCC(C)(C)CC2)ccc1[N+](=O)[O-]. The molecular weight excluding hydrogens is 270 g/mol. The van der Waals surface area contributed by atoms with E-state index in [9.17, 15) is 15.2 Å². The Hall–Kier alpha value is -1.69. The largest absolute Gasteiger partial charge is 0.388 e. The number of nitrogens with zero attached hydrogens (tertiary/aromatic N) is 2. The standard InChI is InChI=1S/C15H23N3O3/c1-11-12(18(20)21)4-5-13(17-11)16-10-15(19)8-6-14(2,3)7-9-15/h4-5,19H,6-10H2,1-3H3,(H,16,17). The van der Waals surface area contributed by atoms with Gasteiger partial charge in [-0.15, -0.1) is 0 Å². The van der Waals surface area contributed by atoms with Crippen molar-refractivity contribution in [1.29, 1.82) is 0 Å². The predicted octanol–water partition coefficient (Wildman–Crippen LogP) is 3.04. The summed E-state index contributed by atoms with van der Waals surface area (Å²) in [5.74, 6) is 0.566. The first kappa shape index (κ1) is 15.7. The lowest BCUT2D eigenvalue weighted by molar-refractivity contribution is -0.385. The van der Waals surface area contributed by atoms with Crippen LogP contribution >= 0.6 is 0 Å². The van der Waals surface area contributed by atoms with Crippen molar-refractivity contribution in [2.24, 2.45) is 5.41 Å². The van der Waals surface area contributed by atoms with E-state index in [0.717, 1.165) is 25.7 Å². The van der Waals surface area contributed by atoms with Crippen LogP contribution < -0.4 is 5.32 Å².